The molecule has 0 N–H and O–H groups in total. The van der Waals surface area contributed by atoms with Gasteiger partial charge in [0.2, 0.25) is 0 Å². The SMILES string of the molecule is CCCN(CCC)C(=O)c1cc(-c2ccc(Cl)cc2)on1. The van der Waals surface area contributed by atoms with Gasteiger partial charge < -0.3 is 9.42 Å². The van der Waals surface area contributed by atoms with Crippen LogP contribution < -0.4 is 0 Å². The van der Waals surface area contributed by atoms with E-state index in [4.69, 9.17) is 16.1 Å². The highest BCUT2D eigenvalue weighted by Gasteiger charge is 2.19. The van der Waals surface area contributed by atoms with Crippen molar-refractivity contribution in [3.8, 4) is 11.3 Å². The van der Waals surface area contributed by atoms with E-state index in [0.717, 1.165) is 31.5 Å². The van der Waals surface area contributed by atoms with Crippen LogP contribution in [-0.4, -0.2) is 29.1 Å². The number of amides is 1. The van der Waals surface area contributed by atoms with E-state index in [-0.39, 0.29) is 5.91 Å². The molecule has 1 aromatic carbocycles. The maximum Gasteiger partial charge on any atom is 0.276 e. The highest BCUT2D eigenvalue weighted by Crippen LogP contribution is 2.22. The summed E-state index contributed by atoms with van der Waals surface area (Å²) in [5, 5.41) is 4.56. The third-order valence-electron chi connectivity index (χ3n) is 3.13. The molecule has 1 aromatic heterocycles. The maximum absolute atomic E-state index is 12.4. The Morgan fingerprint density at radius 3 is 2.38 bits per heavy atom. The lowest BCUT2D eigenvalue weighted by molar-refractivity contribution is 0.0745. The molecule has 5 heteroatoms. The molecule has 0 bridgehead atoms. The zero-order chi connectivity index (χ0) is 15.2. The van der Waals surface area contributed by atoms with Crippen molar-refractivity contribution in [1.29, 1.82) is 0 Å². The molecule has 0 aliphatic carbocycles. The Morgan fingerprint density at radius 2 is 1.81 bits per heavy atom. The van der Waals surface area contributed by atoms with E-state index >= 15 is 0 Å². The summed E-state index contributed by atoms with van der Waals surface area (Å²) >= 11 is 5.86. The van der Waals surface area contributed by atoms with Gasteiger partial charge in [0.1, 0.15) is 0 Å². The molecule has 0 saturated heterocycles. The van der Waals surface area contributed by atoms with Gasteiger partial charge in [0, 0.05) is 29.7 Å². The number of aromatic nitrogens is 1. The number of benzene rings is 1. The second-order valence-electron chi connectivity index (χ2n) is 4.88. The summed E-state index contributed by atoms with van der Waals surface area (Å²) in [6.07, 6.45) is 1.85. The van der Waals surface area contributed by atoms with E-state index in [1.807, 2.05) is 17.0 Å². The van der Waals surface area contributed by atoms with Crippen LogP contribution in [0.5, 0.6) is 0 Å². The second-order valence-corrected chi connectivity index (χ2v) is 5.31. The third-order valence-corrected chi connectivity index (χ3v) is 3.38. The third kappa shape index (κ3) is 3.85. The van der Waals surface area contributed by atoms with E-state index in [1.54, 1.807) is 18.2 Å². The van der Waals surface area contributed by atoms with Gasteiger partial charge in [0.05, 0.1) is 0 Å². The minimum absolute atomic E-state index is 0.0809. The molecule has 112 valence electrons. The Balaban J connectivity index is 2.18. The minimum Gasteiger partial charge on any atom is -0.355 e. The maximum atomic E-state index is 12.4. The molecule has 0 spiro atoms. The molecular weight excluding hydrogens is 288 g/mol. The van der Waals surface area contributed by atoms with Crippen molar-refractivity contribution < 1.29 is 9.32 Å². The average molecular weight is 307 g/mol. The predicted octanol–water partition coefficient (Wildman–Crippen LogP) is 4.26. The van der Waals surface area contributed by atoms with Crippen LogP contribution in [0.2, 0.25) is 5.02 Å². The molecule has 1 amide bonds. The van der Waals surface area contributed by atoms with Crippen LogP contribution in [0.15, 0.2) is 34.9 Å². The monoisotopic (exact) mass is 306 g/mol. The summed E-state index contributed by atoms with van der Waals surface area (Å²) in [7, 11) is 0. The standard InChI is InChI=1S/C16H19ClN2O2/c1-3-9-19(10-4-2)16(20)14-11-15(21-18-14)12-5-7-13(17)8-6-12/h5-8,11H,3-4,9-10H2,1-2H3. The second kappa shape index (κ2) is 7.27. The highest BCUT2D eigenvalue weighted by molar-refractivity contribution is 6.30. The van der Waals surface area contributed by atoms with Crippen LogP contribution >= 0.6 is 11.6 Å². The van der Waals surface area contributed by atoms with E-state index in [2.05, 4.69) is 19.0 Å². The molecule has 0 aliphatic rings. The molecule has 4 nitrogen and oxygen atoms in total. The first kappa shape index (κ1) is 15.6. The van der Waals surface area contributed by atoms with Gasteiger partial charge in [-0.3, -0.25) is 4.79 Å². The number of hydrogen-bond acceptors (Lipinski definition) is 3. The van der Waals surface area contributed by atoms with Crippen molar-refractivity contribution in [3.05, 3.63) is 41.0 Å². The van der Waals surface area contributed by atoms with Crippen LogP contribution in [0.1, 0.15) is 37.2 Å². The number of hydrogen-bond donors (Lipinski definition) is 0. The number of halogens is 1. The summed E-state index contributed by atoms with van der Waals surface area (Å²) in [6.45, 7) is 5.57. The van der Waals surface area contributed by atoms with Crippen LogP contribution in [-0.2, 0) is 0 Å². The summed E-state index contributed by atoms with van der Waals surface area (Å²) in [6, 6.07) is 8.92. The Kier molecular flexibility index (Phi) is 5.39. The van der Waals surface area contributed by atoms with Crippen LogP contribution in [0.3, 0.4) is 0 Å². The number of rotatable bonds is 6. The largest absolute Gasteiger partial charge is 0.355 e. The van der Waals surface area contributed by atoms with Gasteiger partial charge in [-0.15, -0.1) is 0 Å². The predicted molar refractivity (Wildman–Crippen MR) is 83.4 cm³/mol. The number of nitrogens with zero attached hydrogens (tertiary/aromatic N) is 2. The lowest BCUT2D eigenvalue weighted by Crippen LogP contribution is -2.32. The Labute approximate surface area is 129 Å². The molecule has 0 saturated carbocycles. The van der Waals surface area contributed by atoms with Crippen molar-refractivity contribution in [2.75, 3.05) is 13.1 Å². The fourth-order valence-corrected chi connectivity index (χ4v) is 2.27. The summed E-state index contributed by atoms with van der Waals surface area (Å²) < 4.78 is 5.28. The summed E-state index contributed by atoms with van der Waals surface area (Å²) in [4.78, 5) is 14.2. The molecule has 0 atom stereocenters. The van der Waals surface area contributed by atoms with Gasteiger partial charge in [-0.25, -0.2) is 0 Å². The Bertz CT molecular complexity index is 587. The highest BCUT2D eigenvalue weighted by atomic mass is 35.5. The average Bonchev–Trinajstić information content (AvgIpc) is 2.97. The number of carbonyl (C=O) groups is 1. The van der Waals surface area contributed by atoms with Crippen molar-refractivity contribution in [2.24, 2.45) is 0 Å². The van der Waals surface area contributed by atoms with Crippen LogP contribution in [0, 0.1) is 0 Å². The molecule has 0 aliphatic heterocycles. The van der Waals surface area contributed by atoms with Gasteiger partial charge in [-0.05, 0) is 37.1 Å². The Hall–Kier alpha value is -1.81. The van der Waals surface area contributed by atoms with Gasteiger partial charge in [-0.2, -0.15) is 0 Å². The van der Waals surface area contributed by atoms with Crippen molar-refractivity contribution >= 4 is 17.5 Å². The van der Waals surface area contributed by atoms with Gasteiger partial charge in [-0.1, -0.05) is 30.6 Å². The normalized spacial score (nSPS) is 10.6. The van der Waals surface area contributed by atoms with E-state index < -0.39 is 0 Å². The fourth-order valence-electron chi connectivity index (χ4n) is 2.14. The summed E-state index contributed by atoms with van der Waals surface area (Å²) in [5.41, 5.74) is 1.20. The van der Waals surface area contributed by atoms with E-state index in [9.17, 15) is 4.79 Å². The lowest BCUT2D eigenvalue weighted by Gasteiger charge is -2.19. The zero-order valence-electron chi connectivity index (χ0n) is 12.3. The molecule has 2 aromatic rings. The first-order valence-corrected chi connectivity index (χ1v) is 7.55. The first-order chi connectivity index (χ1) is 10.2. The Morgan fingerprint density at radius 1 is 1.19 bits per heavy atom. The van der Waals surface area contributed by atoms with Crippen molar-refractivity contribution in [1.82, 2.24) is 10.1 Å². The van der Waals surface area contributed by atoms with Crippen LogP contribution in [0.4, 0.5) is 0 Å². The first-order valence-electron chi connectivity index (χ1n) is 7.17. The van der Waals surface area contributed by atoms with E-state index in [0.29, 0.717) is 16.5 Å². The molecule has 1 heterocycles. The van der Waals surface area contributed by atoms with Crippen LogP contribution in [0.25, 0.3) is 11.3 Å². The number of carbonyl (C=O) groups excluding carboxylic acids is 1. The molecule has 21 heavy (non-hydrogen) atoms. The molecule has 2 rings (SSSR count). The minimum atomic E-state index is -0.0809. The van der Waals surface area contributed by atoms with Crippen molar-refractivity contribution in [2.45, 2.75) is 26.7 Å². The molecule has 0 radical (unpaired) electrons. The lowest BCUT2D eigenvalue weighted by atomic mass is 10.1. The topological polar surface area (TPSA) is 46.3 Å². The van der Waals surface area contributed by atoms with Gasteiger partial charge >= 0.3 is 0 Å². The van der Waals surface area contributed by atoms with Gasteiger partial charge in [0.15, 0.2) is 11.5 Å². The fraction of sp³-hybridized carbons (Fsp3) is 0.375. The zero-order valence-corrected chi connectivity index (χ0v) is 13.1. The molecule has 0 unspecified atom stereocenters. The smallest absolute Gasteiger partial charge is 0.276 e. The summed E-state index contributed by atoms with van der Waals surface area (Å²) in [5.74, 6) is 0.491. The molecule has 0 fully saturated rings. The quantitative estimate of drug-likeness (QED) is 0.801. The van der Waals surface area contributed by atoms with Gasteiger partial charge in [0.25, 0.3) is 5.91 Å². The van der Waals surface area contributed by atoms with Crippen molar-refractivity contribution in [3.63, 3.8) is 0 Å². The molecular formula is C16H19ClN2O2. The van der Waals surface area contributed by atoms with E-state index in [1.165, 1.54) is 0 Å².